The van der Waals surface area contributed by atoms with Gasteiger partial charge in [-0.25, -0.2) is 0 Å². The maximum Gasteiger partial charge on any atom is 0.161 e. The van der Waals surface area contributed by atoms with Crippen molar-refractivity contribution >= 4 is 5.78 Å². The molecule has 1 aliphatic heterocycles. The Bertz CT molecular complexity index is 173. The number of ether oxygens (including phenoxy) is 2. The van der Waals surface area contributed by atoms with Crippen LogP contribution < -0.4 is 0 Å². The normalized spacial score (nSPS) is 23.7. The first-order valence-corrected chi connectivity index (χ1v) is 5.41. The minimum absolute atomic E-state index is 0.200. The van der Waals surface area contributed by atoms with Gasteiger partial charge in [-0.1, -0.05) is 0 Å². The monoisotopic (exact) mass is 200 g/mol. The zero-order chi connectivity index (χ0) is 10.4. The molecule has 0 aromatic carbocycles. The highest BCUT2D eigenvalue weighted by Gasteiger charge is 2.16. The fraction of sp³-hybridized carbons (Fsp3) is 0.909. The molecule has 0 amide bonds. The number of hydrogen-bond acceptors (Lipinski definition) is 3. The summed E-state index contributed by atoms with van der Waals surface area (Å²) in [6.45, 7) is 2.70. The molecule has 1 heterocycles. The predicted molar refractivity (Wildman–Crippen MR) is 54.3 cm³/mol. The molecule has 1 rings (SSSR count). The van der Waals surface area contributed by atoms with E-state index in [1.54, 1.807) is 14.0 Å². The number of ketones is 1. The van der Waals surface area contributed by atoms with Gasteiger partial charge in [0, 0.05) is 20.1 Å². The van der Waals surface area contributed by atoms with Crippen molar-refractivity contribution in [3.63, 3.8) is 0 Å². The largest absolute Gasteiger partial charge is 0.378 e. The first-order valence-electron chi connectivity index (χ1n) is 5.41. The minimum Gasteiger partial charge on any atom is -0.378 e. The third-order valence-corrected chi connectivity index (χ3v) is 2.78. The molecule has 3 nitrogen and oxygen atoms in total. The topological polar surface area (TPSA) is 35.5 Å². The van der Waals surface area contributed by atoms with Gasteiger partial charge in [-0.3, -0.25) is 4.79 Å². The SMILES string of the molecule is COC(C)C(=O)CCCC1CCCO1. The van der Waals surface area contributed by atoms with E-state index in [2.05, 4.69) is 0 Å². The van der Waals surface area contributed by atoms with Gasteiger partial charge in [0.25, 0.3) is 0 Å². The lowest BCUT2D eigenvalue weighted by Gasteiger charge is -2.10. The number of rotatable bonds is 6. The molecule has 0 aliphatic carbocycles. The van der Waals surface area contributed by atoms with Crippen LogP contribution in [0.25, 0.3) is 0 Å². The Morgan fingerprint density at radius 1 is 1.64 bits per heavy atom. The van der Waals surface area contributed by atoms with Gasteiger partial charge in [-0.2, -0.15) is 0 Å². The zero-order valence-corrected chi connectivity index (χ0v) is 9.12. The van der Waals surface area contributed by atoms with Gasteiger partial charge < -0.3 is 9.47 Å². The molecule has 14 heavy (non-hydrogen) atoms. The second kappa shape index (κ2) is 6.14. The van der Waals surface area contributed by atoms with E-state index in [0.29, 0.717) is 12.5 Å². The average Bonchev–Trinajstić information content (AvgIpc) is 2.69. The van der Waals surface area contributed by atoms with E-state index in [0.717, 1.165) is 25.9 Å². The van der Waals surface area contributed by atoms with Crippen molar-refractivity contribution in [3.8, 4) is 0 Å². The Kier molecular flexibility index (Phi) is 5.12. The standard InChI is InChI=1S/C11H20O3/c1-9(13-2)11(12)7-3-5-10-6-4-8-14-10/h9-10H,3-8H2,1-2H3. The summed E-state index contributed by atoms with van der Waals surface area (Å²) in [4.78, 5) is 11.4. The van der Waals surface area contributed by atoms with Gasteiger partial charge in [0.2, 0.25) is 0 Å². The lowest BCUT2D eigenvalue weighted by molar-refractivity contribution is -0.128. The molecule has 0 aromatic rings. The summed E-state index contributed by atoms with van der Waals surface area (Å²) in [6.07, 6.45) is 5.05. The summed E-state index contributed by atoms with van der Waals surface area (Å²) < 4.78 is 10.4. The van der Waals surface area contributed by atoms with Crippen molar-refractivity contribution in [1.82, 2.24) is 0 Å². The van der Waals surface area contributed by atoms with Crippen molar-refractivity contribution in [2.75, 3.05) is 13.7 Å². The van der Waals surface area contributed by atoms with E-state index in [1.165, 1.54) is 6.42 Å². The van der Waals surface area contributed by atoms with Gasteiger partial charge in [0.05, 0.1) is 6.10 Å². The quantitative estimate of drug-likeness (QED) is 0.657. The molecule has 2 atom stereocenters. The van der Waals surface area contributed by atoms with Crippen LogP contribution in [0, 0.1) is 0 Å². The Hall–Kier alpha value is -0.410. The molecule has 1 fully saturated rings. The molecule has 82 valence electrons. The molecule has 1 saturated heterocycles. The first kappa shape index (κ1) is 11.7. The van der Waals surface area contributed by atoms with E-state index in [-0.39, 0.29) is 11.9 Å². The molecule has 2 unspecified atom stereocenters. The number of Topliss-reactive ketones (excluding diaryl/α,β-unsaturated/α-hetero) is 1. The van der Waals surface area contributed by atoms with Gasteiger partial charge in [0.1, 0.15) is 6.10 Å². The summed E-state index contributed by atoms with van der Waals surface area (Å²) in [5, 5.41) is 0. The molecule has 0 bridgehead atoms. The van der Waals surface area contributed by atoms with Gasteiger partial charge in [-0.05, 0) is 32.6 Å². The second-order valence-electron chi connectivity index (χ2n) is 3.87. The smallest absolute Gasteiger partial charge is 0.161 e. The number of methoxy groups -OCH3 is 1. The molecule has 0 N–H and O–H groups in total. The van der Waals surface area contributed by atoms with Gasteiger partial charge in [-0.15, -0.1) is 0 Å². The third-order valence-electron chi connectivity index (χ3n) is 2.78. The summed E-state index contributed by atoms with van der Waals surface area (Å²) in [6, 6.07) is 0. The summed E-state index contributed by atoms with van der Waals surface area (Å²) in [5.41, 5.74) is 0. The fourth-order valence-electron chi connectivity index (χ4n) is 1.71. The van der Waals surface area contributed by atoms with Crippen LogP contribution in [-0.4, -0.2) is 31.7 Å². The molecule has 0 radical (unpaired) electrons. The van der Waals surface area contributed by atoms with Crippen molar-refractivity contribution in [1.29, 1.82) is 0 Å². The van der Waals surface area contributed by atoms with Crippen LogP contribution in [0.2, 0.25) is 0 Å². The lowest BCUT2D eigenvalue weighted by atomic mass is 10.1. The minimum atomic E-state index is -0.250. The van der Waals surface area contributed by atoms with Crippen LogP contribution in [-0.2, 0) is 14.3 Å². The molecular weight excluding hydrogens is 180 g/mol. The van der Waals surface area contributed by atoms with Crippen molar-refractivity contribution < 1.29 is 14.3 Å². The van der Waals surface area contributed by atoms with Crippen LogP contribution in [0.5, 0.6) is 0 Å². The average molecular weight is 200 g/mol. The van der Waals surface area contributed by atoms with Crippen molar-refractivity contribution in [2.24, 2.45) is 0 Å². The van der Waals surface area contributed by atoms with Crippen molar-refractivity contribution in [3.05, 3.63) is 0 Å². The molecule has 1 aliphatic rings. The van der Waals surface area contributed by atoms with Gasteiger partial charge in [0.15, 0.2) is 5.78 Å². The van der Waals surface area contributed by atoms with Crippen LogP contribution >= 0.6 is 0 Å². The van der Waals surface area contributed by atoms with E-state index >= 15 is 0 Å². The highest BCUT2D eigenvalue weighted by atomic mass is 16.5. The number of hydrogen-bond donors (Lipinski definition) is 0. The zero-order valence-electron chi connectivity index (χ0n) is 9.12. The van der Waals surface area contributed by atoms with E-state index in [1.807, 2.05) is 0 Å². The van der Waals surface area contributed by atoms with Crippen LogP contribution in [0.3, 0.4) is 0 Å². The predicted octanol–water partition coefficient (Wildman–Crippen LogP) is 1.94. The van der Waals surface area contributed by atoms with Crippen LogP contribution in [0.4, 0.5) is 0 Å². The highest BCUT2D eigenvalue weighted by Crippen LogP contribution is 2.17. The second-order valence-corrected chi connectivity index (χ2v) is 3.87. The van der Waals surface area contributed by atoms with E-state index in [4.69, 9.17) is 9.47 Å². The van der Waals surface area contributed by atoms with Crippen molar-refractivity contribution in [2.45, 2.75) is 51.2 Å². The highest BCUT2D eigenvalue weighted by molar-refractivity contribution is 5.82. The van der Waals surface area contributed by atoms with Crippen LogP contribution in [0.15, 0.2) is 0 Å². The molecule has 0 aromatic heterocycles. The Morgan fingerprint density at radius 3 is 3.00 bits per heavy atom. The maximum atomic E-state index is 11.4. The Balaban J connectivity index is 2.05. The molecule has 3 heteroatoms. The summed E-state index contributed by atoms with van der Waals surface area (Å²) >= 11 is 0. The Morgan fingerprint density at radius 2 is 2.43 bits per heavy atom. The van der Waals surface area contributed by atoms with E-state index < -0.39 is 0 Å². The number of carbonyl (C=O) groups excluding carboxylic acids is 1. The Labute approximate surface area is 85.8 Å². The third kappa shape index (κ3) is 3.76. The summed E-state index contributed by atoms with van der Waals surface area (Å²) in [7, 11) is 1.57. The molecular formula is C11H20O3. The molecule has 0 saturated carbocycles. The number of carbonyl (C=O) groups is 1. The van der Waals surface area contributed by atoms with E-state index in [9.17, 15) is 4.79 Å². The first-order chi connectivity index (χ1) is 6.74. The van der Waals surface area contributed by atoms with Gasteiger partial charge >= 0.3 is 0 Å². The summed E-state index contributed by atoms with van der Waals surface area (Å²) in [5.74, 6) is 0.200. The lowest BCUT2D eigenvalue weighted by Crippen LogP contribution is -2.19. The van der Waals surface area contributed by atoms with Crippen LogP contribution in [0.1, 0.15) is 39.0 Å². The molecule has 0 spiro atoms. The fourth-order valence-corrected chi connectivity index (χ4v) is 1.71. The maximum absolute atomic E-state index is 11.4.